The zero-order chi connectivity index (χ0) is 23.3. The van der Waals surface area contributed by atoms with E-state index in [0.717, 1.165) is 5.56 Å². The lowest BCUT2D eigenvalue weighted by atomic mass is 10.1. The molecular formula is C23H25N3O6. The second-order valence-electron chi connectivity index (χ2n) is 7.38. The molecule has 0 saturated carbocycles. The third kappa shape index (κ3) is 5.05. The van der Waals surface area contributed by atoms with Crippen LogP contribution in [0.2, 0.25) is 0 Å². The Morgan fingerprint density at radius 3 is 2.38 bits per heavy atom. The molecule has 3 amide bonds. The molecule has 1 aliphatic rings. The topological polar surface area (TPSA) is 114 Å². The van der Waals surface area contributed by atoms with E-state index in [9.17, 15) is 19.2 Å². The first kappa shape index (κ1) is 22.8. The van der Waals surface area contributed by atoms with Gasteiger partial charge in [-0.3, -0.25) is 4.79 Å². The molecule has 0 aliphatic carbocycles. The number of nitrogens with zero attached hydrogens (tertiary/aromatic N) is 1. The second-order valence-corrected chi connectivity index (χ2v) is 7.38. The number of urea groups is 1. The molecular weight excluding hydrogens is 414 g/mol. The van der Waals surface area contributed by atoms with Crippen molar-refractivity contribution in [1.29, 1.82) is 0 Å². The minimum Gasteiger partial charge on any atom is -0.465 e. The summed E-state index contributed by atoms with van der Waals surface area (Å²) in [5.74, 6) is -1.35. The Balaban J connectivity index is 1.70. The smallest absolute Gasteiger partial charge is 0.339 e. The first-order chi connectivity index (χ1) is 15.3. The Bertz CT molecular complexity index is 1020. The van der Waals surface area contributed by atoms with Gasteiger partial charge in [0.25, 0.3) is 0 Å². The van der Waals surface area contributed by atoms with E-state index in [1.165, 1.54) is 32.4 Å². The molecule has 2 aromatic rings. The number of hydrogen-bond acceptors (Lipinski definition) is 6. The molecule has 1 fully saturated rings. The number of benzene rings is 2. The predicted molar refractivity (Wildman–Crippen MR) is 116 cm³/mol. The Labute approximate surface area is 185 Å². The fraction of sp³-hybridized carbons (Fsp3) is 0.304. The number of rotatable bonds is 6. The largest absolute Gasteiger partial charge is 0.465 e. The summed E-state index contributed by atoms with van der Waals surface area (Å²) in [5, 5.41) is 5.33. The van der Waals surface area contributed by atoms with Crippen molar-refractivity contribution in [2.45, 2.75) is 25.4 Å². The molecule has 2 unspecified atom stereocenters. The Hall–Kier alpha value is -3.88. The first-order valence-corrected chi connectivity index (χ1v) is 10.1. The molecule has 32 heavy (non-hydrogen) atoms. The fourth-order valence-corrected chi connectivity index (χ4v) is 3.64. The first-order valence-electron chi connectivity index (χ1n) is 10.1. The molecule has 1 saturated heterocycles. The molecule has 0 bridgehead atoms. The van der Waals surface area contributed by atoms with Crippen molar-refractivity contribution >= 4 is 29.6 Å². The summed E-state index contributed by atoms with van der Waals surface area (Å²) >= 11 is 0. The molecule has 3 rings (SSSR count). The summed E-state index contributed by atoms with van der Waals surface area (Å²) in [5.41, 5.74) is 1.34. The number of esters is 2. The summed E-state index contributed by atoms with van der Waals surface area (Å²) < 4.78 is 9.42. The van der Waals surface area contributed by atoms with E-state index in [1.54, 1.807) is 4.90 Å². The monoisotopic (exact) mass is 439 g/mol. The van der Waals surface area contributed by atoms with Gasteiger partial charge in [0.05, 0.1) is 43.1 Å². The van der Waals surface area contributed by atoms with E-state index in [4.69, 9.17) is 4.74 Å². The molecule has 9 heteroatoms. The van der Waals surface area contributed by atoms with Crippen molar-refractivity contribution < 1.29 is 28.7 Å². The van der Waals surface area contributed by atoms with Crippen LogP contribution in [0.1, 0.15) is 45.7 Å². The molecule has 0 spiro atoms. The Morgan fingerprint density at radius 1 is 1.03 bits per heavy atom. The predicted octanol–water partition coefficient (Wildman–Crippen LogP) is 2.74. The number of amides is 3. The highest BCUT2D eigenvalue weighted by Gasteiger charge is 2.34. The molecule has 2 N–H and O–H groups in total. The van der Waals surface area contributed by atoms with Gasteiger partial charge < -0.3 is 25.0 Å². The zero-order valence-electron chi connectivity index (χ0n) is 18.1. The lowest BCUT2D eigenvalue weighted by molar-refractivity contribution is -0.129. The van der Waals surface area contributed by atoms with Gasteiger partial charge in [-0.25, -0.2) is 14.4 Å². The average Bonchev–Trinajstić information content (AvgIpc) is 3.17. The Morgan fingerprint density at radius 2 is 1.72 bits per heavy atom. The average molecular weight is 439 g/mol. The van der Waals surface area contributed by atoms with Gasteiger partial charge in [0.1, 0.15) is 0 Å². The summed E-state index contributed by atoms with van der Waals surface area (Å²) in [6.07, 6.45) is 0.163. The van der Waals surface area contributed by atoms with Crippen LogP contribution < -0.4 is 10.6 Å². The normalized spacial score (nSPS) is 16.3. The van der Waals surface area contributed by atoms with Gasteiger partial charge in [-0.1, -0.05) is 30.3 Å². The van der Waals surface area contributed by atoms with Gasteiger partial charge in [0.15, 0.2) is 0 Å². The quantitative estimate of drug-likeness (QED) is 0.669. The lowest BCUT2D eigenvalue weighted by Crippen LogP contribution is -2.40. The van der Waals surface area contributed by atoms with Gasteiger partial charge in [0.2, 0.25) is 5.91 Å². The van der Waals surface area contributed by atoms with Gasteiger partial charge in [-0.05, 0) is 30.7 Å². The number of likely N-dealkylation sites (tertiary alicyclic amines) is 1. The van der Waals surface area contributed by atoms with Gasteiger partial charge in [0, 0.05) is 13.0 Å². The van der Waals surface area contributed by atoms with E-state index < -0.39 is 24.0 Å². The van der Waals surface area contributed by atoms with Crippen LogP contribution in [-0.2, 0) is 14.3 Å². The maximum Gasteiger partial charge on any atom is 0.339 e. The molecule has 168 valence electrons. The van der Waals surface area contributed by atoms with Crippen molar-refractivity contribution in [2.24, 2.45) is 0 Å². The zero-order valence-corrected chi connectivity index (χ0v) is 18.1. The third-order valence-electron chi connectivity index (χ3n) is 5.34. The maximum absolute atomic E-state index is 12.6. The van der Waals surface area contributed by atoms with Crippen molar-refractivity contribution in [2.75, 3.05) is 26.1 Å². The molecule has 1 heterocycles. The maximum atomic E-state index is 12.6. The number of nitrogens with one attached hydrogen (secondary N) is 2. The summed E-state index contributed by atoms with van der Waals surface area (Å²) in [4.78, 5) is 50.7. The van der Waals surface area contributed by atoms with E-state index in [2.05, 4.69) is 15.4 Å². The number of carbonyl (C=O) groups is 4. The van der Waals surface area contributed by atoms with Crippen molar-refractivity contribution in [3.63, 3.8) is 0 Å². The summed E-state index contributed by atoms with van der Waals surface area (Å²) in [7, 11) is 2.45. The number of carbonyl (C=O) groups excluding carboxylic acids is 4. The molecule has 1 aliphatic heterocycles. The molecule has 9 nitrogen and oxygen atoms in total. The van der Waals surface area contributed by atoms with Gasteiger partial charge in [-0.15, -0.1) is 0 Å². The molecule has 2 aromatic carbocycles. The van der Waals surface area contributed by atoms with Gasteiger partial charge >= 0.3 is 18.0 Å². The van der Waals surface area contributed by atoms with E-state index in [-0.39, 0.29) is 35.2 Å². The molecule has 0 radical (unpaired) electrons. The number of methoxy groups -OCH3 is 2. The highest BCUT2D eigenvalue weighted by molar-refractivity contribution is 6.03. The van der Waals surface area contributed by atoms with E-state index in [1.807, 2.05) is 37.3 Å². The number of hydrogen-bond donors (Lipinski definition) is 2. The summed E-state index contributed by atoms with van der Waals surface area (Å²) in [6.45, 7) is 2.30. The van der Waals surface area contributed by atoms with E-state index in [0.29, 0.717) is 6.54 Å². The minimum absolute atomic E-state index is 0.0606. The summed E-state index contributed by atoms with van der Waals surface area (Å²) in [6, 6.07) is 12.6. The second kappa shape index (κ2) is 9.95. The highest BCUT2D eigenvalue weighted by atomic mass is 16.5. The van der Waals surface area contributed by atoms with Crippen molar-refractivity contribution in [3.8, 4) is 0 Å². The van der Waals surface area contributed by atoms with Crippen LogP contribution in [-0.4, -0.2) is 55.6 Å². The SMILES string of the molecule is COC(=O)c1ccc(C(=O)OC)c(NC(=O)NC2CC(=O)N(C(C)c3ccccc3)C2)c1. The minimum atomic E-state index is -0.671. The highest BCUT2D eigenvalue weighted by Crippen LogP contribution is 2.26. The van der Waals surface area contributed by atoms with Crippen LogP contribution in [0.3, 0.4) is 0 Å². The van der Waals surface area contributed by atoms with Crippen molar-refractivity contribution in [3.05, 3.63) is 65.2 Å². The van der Waals surface area contributed by atoms with Crippen LogP contribution >= 0.6 is 0 Å². The van der Waals surface area contributed by atoms with E-state index >= 15 is 0 Å². The van der Waals surface area contributed by atoms with Crippen LogP contribution in [0.25, 0.3) is 0 Å². The van der Waals surface area contributed by atoms with Gasteiger partial charge in [-0.2, -0.15) is 0 Å². The fourth-order valence-electron chi connectivity index (χ4n) is 3.64. The third-order valence-corrected chi connectivity index (χ3v) is 5.34. The standard InChI is InChI=1S/C23H25N3O6/c1-14(15-7-5-4-6-8-15)26-13-17(12-20(26)27)24-23(30)25-19-11-16(21(28)31-2)9-10-18(19)22(29)32-3/h4-11,14,17H,12-13H2,1-3H3,(H2,24,25,30). The molecule has 2 atom stereocenters. The van der Waals surface area contributed by atoms with Crippen LogP contribution in [0.15, 0.2) is 48.5 Å². The van der Waals surface area contributed by atoms with Crippen LogP contribution in [0.5, 0.6) is 0 Å². The number of anilines is 1. The molecule has 0 aromatic heterocycles. The number of ether oxygens (including phenoxy) is 2. The Kier molecular flexibility index (Phi) is 7.09. The van der Waals surface area contributed by atoms with Crippen LogP contribution in [0.4, 0.5) is 10.5 Å². The van der Waals surface area contributed by atoms with Crippen molar-refractivity contribution in [1.82, 2.24) is 10.2 Å². The lowest BCUT2D eigenvalue weighted by Gasteiger charge is -2.25. The van der Waals surface area contributed by atoms with Crippen LogP contribution in [0, 0.1) is 0 Å².